The van der Waals surface area contributed by atoms with Gasteiger partial charge < -0.3 is 14.2 Å². The molecule has 2 heterocycles. The van der Waals surface area contributed by atoms with Crippen LogP contribution in [0.25, 0.3) is 0 Å². The summed E-state index contributed by atoms with van der Waals surface area (Å²) in [6.07, 6.45) is 3.03. The van der Waals surface area contributed by atoms with Crippen LogP contribution in [-0.4, -0.2) is 26.8 Å². The number of halogens is 1. The number of nitrogens with zero attached hydrogens (tertiary/aromatic N) is 1. The number of hydrogen-bond acceptors (Lipinski definition) is 5. The van der Waals surface area contributed by atoms with Crippen LogP contribution in [0.3, 0.4) is 0 Å². The van der Waals surface area contributed by atoms with Crippen LogP contribution in [0.2, 0.25) is 0 Å². The third-order valence-electron chi connectivity index (χ3n) is 2.73. The Labute approximate surface area is 125 Å². The lowest BCUT2D eigenvalue weighted by atomic mass is 10.3. The molecular formula is C12H15BrN2O4S. The number of furan rings is 2. The molecule has 0 aliphatic heterocycles. The number of nitrogens with one attached hydrogen (secondary N) is 1. The SMILES string of the molecule is CNCc1cc(S(=O)(=O)N(C)Cc2ccoc2)c(Br)o1. The van der Waals surface area contributed by atoms with E-state index in [-0.39, 0.29) is 16.1 Å². The van der Waals surface area contributed by atoms with Gasteiger partial charge in [-0.05, 0) is 29.0 Å². The first-order chi connectivity index (χ1) is 9.45. The van der Waals surface area contributed by atoms with E-state index in [1.165, 1.54) is 29.9 Å². The molecule has 110 valence electrons. The van der Waals surface area contributed by atoms with Crippen LogP contribution in [0, 0.1) is 0 Å². The molecule has 0 aliphatic carbocycles. The van der Waals surface area contributed by atoms with E-state index in [0.717, 1.165) is 5.56 Å². The minimum atomic E-state index is -3.62. The Hall–Kier alpha value is -1.09. The second kappa shape index (κ2) is 6.13. The van der Waals surface area contributed by atoms with Crippen molar-refractivity contribution in [3.63, 3.8) is 0 Å². The van der Waals surface area contributed by atoms with Gasteiger partial charge in [0.1, 0.15) is 10.7 Å². The van der Waals surface area contributed by atoms with Crippen LogP contribution in [-0.2, 0) is 23.1 Å². The van der Waals surface area contributed by atoms with E-state index in [1.807, 2.05) is 0 Å². The molecule has 6 nitrogen and oxygen atoms in total. The molecule has 0 fully saturated rings. The number of hydrogen-bond donors (Lipinski definition) is 1. The number of rotatable bonds is 6. The molecule has 0 unspecified atom stereocenters. The molecule has 8 heteroatoms. The lowest BCUT2D eigenvalue weighted by Crippen LogP contribution is -2.26. The Morgan fingerprint density at radius 2 is 2.20 bits per heavy atom. The first-order valence-corrected chi connectivity index (χ1v) is 8.08. The second-order valence-electron chi connectivity index (χ2n) is 4.27. The Bertz CT molecular complexity index is 664. The molecule has 0 saturated carbocycles. The third-order valence-corrected chi connectivity index (χ3v) is 5.39. The van der Waals surface area contributed by atoms with Gasteiger partial charge in [0, 0.05) is 25.2 Å². The summed E-state index contributed by atoms with van der Waals surface area (Å²) in [5.41, 5.74) is 0.783. The minimum absolute atomic E-state index is 0.119. The molecule has 1 N–H and O–H groups in total. The molecule has 2 aromatic rings. The summed E-state index contributed by atoms with van der Waals surface area (Å²) >= 11 is 3.15. The van der Waals surface area contributed by atoms with Gasteiger partial charge in [-0.1, -0.05) is 0 Å². The van der Waals surface area contributed by atoms with Crippen LogP contribution in [0.15, 0.2) is 43.1 Å². The monoisotopic (exact) mass is 362 g/mol. The Morgan fingerprint density at radius 3 is 2.80 bits per heavy atom. The highest BCUT2D eigenvalue weighted by Crippen LogP contribution is 2.28. The van der Waals surface area contributed by atoms with E-state index in [1.54, 1.807) is 13.1 Å². The molecular weight excluding hydrogens is 348 g/mol. The zero-order valence-electron chi connectivity index (χ0n) is 11.1. The van der Waals surface area contributed by atoms with Gasteiger partial charge in [0.15, 0.2) is 4.67 Å². The highest BCUT2D eigenvalue weighted by atomic mass is 79.9. The van der Waals surface area contributed by atoms with Crippen molar-refractivity contribution in [1.82, 2.24) is 9.62 Å². The first-order valence-electron chi connectivity index (χ1n) is 5.85. The second-order valence-corrected chi connectivity index (χ2v) is 7.01. The van der Waals surface area contributed by atoms with Crippen molar-refractivity contribution >= 4 is 26.0 Å². The van der Waals surface area contributed by atoms with Gasteiger partial charge >= 0.3 is 0 Å². The smallest absolute Gasteiger partial charge is 0.247 e. The lowest BCUT2D eigenvalue weighted by molar-refractivity contribution is 0.452. The van der Waals surface area contributed by atoms with E-state index >= 15 is 0 Å². The summed E-state index contributed by atoms with van der Waals surface area (Å²) in [6.45, 7) is 0.692. The average molecular weight is 363 g/mol. The standard InChI is InChI=1S/C12H15BrN2O4S/c1-14-6-10-5-11(12(13)19-10)20(16,17)15(2)7-9-3-4-18-8-9/h3-5,8,14H,6-7H2,1-2H3. The molecule has 0 atom stereocenters. The van der Waals surface area contributed by atoms with Gasteiger partial charge in [0.2, 0.25) is 10.0 Å². The summed E-state index contributed by atoms with van der Waals surface area (Å²) in [4.78, 5) is 0.119. The maximum Gasteiger partial charge on any atom is 0.247 e. The van der Waals surface area contributed by atoms with Crippen LogP contribution < -0.4 is 5.32 Å². The van der Waals surface area contributed by atoms with Crippen LogP contribution >= 0.6 is 15.9 Å². The van der Waals surface area contributed by atoms with E-state index in [9.17, 15) is 8.42 Å². The third kappa shape index (κ3) is 3.14. The maximum atomic E-state index is 12.5. The van der Waals surface area contributed by atoms with Gasteiger partial charge in [-0.25, -0.2) is 8.42 Å². The summed E-state index contributed by atoms with van der Waals surface area (Å²) < 4.78 is 36.7. The van der Waals surface area contributed by atoms with Crippen molar-refractivity contribution in [2.45, 2.75) is 18.0 Å². The Kier molecular flexibility index (Phi) is 4.69. The lowest BCUT2D eigenvalue weighted by Gasteiger charge is -2.15. The van der Waals surface area contributed by atoms with Crippen molar-refractivity contribution in [3.05, 3.63) is 40.7 Å². The van der Waals surface area contributed by atoms with Crippen LogP contribution in [0.1, 0.15) is 11.3 Å². The molecule has 0 saturated heterocycles. The highest BCUT2D eigenvalue weighted by molar-refractivity contribution is 9.10. The molecule has 20 heavy (non-hydrogen) atoms. The van der Waals surface area contributed by atoms with Gasteiger partial charge in [-0.3, -0.25) is 0 Å². The normalized spacial score (nSPS) is 12.2. The molecule has 2 aromatic heterocycles. The molecule has 0 aromatic carbocycles. The molecule has 0 spiro atoms. The largest absolute Gasteiger partial charge is 0.472 e. The first kappa shape index (κ1) is 15.3. The van der Waals surface area contributed by atoms with E-state index in [4.69, 9.17) is 8.83 Å². The fraction of sp³-hybridized carbons (Fsp3) is 0.333. The molecule has 0 amide bonds. The number of sulfonamides is 1. The molecule has 0 bridgehead atoms. The summed E-state index contributed by atoms with van der Waals surface area (Å²) in [5, 5.41) is 2.91. The van der Waals surface area contributed by atoms with Gasteiger partial charge in [0.05, 0.1) is 19.1 Å². The van der Waals surface area contributed by atoms with Crippen molar-refractivity contribution in [2.75, 3.05) is 14.1 Å². The van der Waals surface area contributed by atoms with E-state index in [0.29, 0.717) is 12.3 Å². The maximum absolute atomic E-state index is 12.5. The van der Waals surface area contributed by atoms with Gasteiger partial charge in [-0.2, -0.15) is 4.31 Å². The van der Waals surface area contributed by atoms with Crippen molar-refractivity contribution in [3.8, 4) is 0 Å². The highest BCUT2D eigenvalue weighted by Gasteiger charge is 2.27. The van der Waals surface area contributed by atoms with Crippen molar-refractivity contribution in [1.29, 1.82) is 0 Å². The van der Waals surface area contributed by atoms with E-state index in [2.05, 4.69) is 21.2 Å². The molecule has 0 radical (unpaired) electrons. The summed E-state index contributed by atoms with van der Waals surface area (Å²) in [6, 6.07) is 3.24. The van der Waals surface area contributed by atoms with Crippen molar-refractivity contribution < 1.29 is 17.3 Å². The van der Waals surface area contributed by atoms with Gasteiger partial charge in [0.25, 0.3) is 0 Å². The fourth-order valence-corrected chi connectivity index (χ4v) is 3.84. The summed E-state index contributed by atoms with van der Waals surface area (Å²) in [7, 11) is -0.347. The Balaban J connectivity index is 2.25. The molecule has 0 aliphatic rings. The van der Waals surface area contributed by atoms with E-state index < -0.39 is 10.0 Å². The quantitative estimate of drug-likeness (QED) is 0.852. The minimum Gasteiger partial charge on any atom is -0.472 e. The average Bonchev–Trinajstić information content (AvgIpc) is 2.99. The predicted octanol–water partition coefficient (Wildman–Crippen LogP) is 2.18. The zero-order chi connectivity index (χ0) is 14.8. The topological polar surface area (TPSA) is 75.7 Å². The fourth-order valence-electron chi connectivity index (χ4n) is 1.73. The summed E-state index contributed by atoms with van der Waals surface area (Å²) in [5.74, 6) is 0.551. The van der Waals surface area contributed by atoms with Crippen LogP contribution in [0.4, 0.5) is 0 Å². The van der Waals surface area contributed by atoms with Gasteiger partial charge in [-0.15, -0.1) is 0 Å². The molecule has 2 rings (SSSR count). The predicted molar refractivity (Wildman–Crippen MR) is 76.5 cm³/mol. The van der Waals surface area contributed by atoms with Crippen LogP contribution in [0.5, 0.6) is 0 Å². The zero-order valence-corrected chi connectivity index (χ0v) is 13.5. The van der Waals surface area contributed by atoms with Crippen molar-refractivity contribution in [2.24, 2.45) is 0 Å². The Morgan fingerprint density at radius 1 is 1.45 bits per heavy atom.